The van der Waals surface area contributed by atoms with E-state index in [9.17, 15) is 8.42 Å². The molecule has 4 N–H and O–H groups in total. The van der Waals surface area contributed by atoms with Crippen LogP contribution in [0.4, 0.5) is 5.82 Å². The first-order valence-electron chi connectivity index (χ1n) is 8.33. The van der Waals surface area contributed by atoms with E-state index in [1.807, 2.05) is 30.5 Å². The van der Waals surface area contributed by atoms with Crippen molar-refractivity contribution in [3.05, 3.63) is 36.7 Å². The normalized spacial score (nSPS) is 13.4. The standard InChI is InChI=1S/C17H19N7O2S/c1-10(23-27(2,25)26)8-24-9-13-12-4-3-11(14-5-6-19-21-14)7-15(12)20-17(18)16(13)22-24/h3-7,9-10,23H,8H2,1-2H3,(H2,18,20)(H,19,21)/t10-/m0/s1. The molecule has 0 aliphatic rings. The molecule has 9 nitrogen and oxygen atoms in total. The van der Waals surface area contributed by atoms with E-state index in [0.717, 1.165) is 33.8 Å². The second-order valence-electron chi connectivity index (χ2n) is 6.60. The second-order valence-corrected chi connectivity index (χ2v) is 8.38. The van der Waals surface area contributed by atoms with Crippen LogP contribution in [0, 0.1) is 0 Å². The summed E-state index contributed by atoms with van der Waals surface area (Å²) in [4.78, 5) is 4.48. The molecule has 0 saturated carbocycles. The van der Waals surface area contributed by atoms with Crippen LogP contribution in [0.1, 0.15) is 6.92 Å². The van der Waals surface area contributed by atoms with Crippen LogP contribution in [0.5, 0.6) is 0 Å². The zero-order valence-corrected chi connectivity index (χ0v) is 15.7. The van der Waals surface area contributed by atoms with E-state index in [4.69, 9.17) is 5.73 Å². The predicted octanol–water partition coefficient (Wildman–Crippen LogP) is 1.49. The lowest BCUT2D eigenvalue weighted by atomic mass is 10.1. The average molecular weight is 385 g/mol. The number of nitrogens with two attached hydrogens (primary N) is 1. The van der Waals surface area contributed by atoms with Crippen LogP contribution in [0.2, 0.25) is 0 Å². The van der Waals surface area contributed by atoms with Gasteiger partial charge in [0.2, 0.25) is 10.0 Å². The molecule has 1 aromatic carbocycles. The topological polar surface area (TPSA) is 132 Å². The predicted molar refractivity (Wildman–Crippen MR) is 104 cm³/mol. The van der Waals surface area contributed by atoms with Crippen molar-refractivity contribution in [2.45, 2.75) is 19.5 Å². The Labute approximate surface area is 155 Å². The van der Waals surface area contributed by atoms with Gasteiger partial charge >= 0.3 is 0 Å². The number of sulfonamides is 1. The van der Waals surface area contributed by atoms with Gasteiger partial charge in [0, 0.05) is 34.8 Å². The maximum atomic E-state index is 11.4. The molecular formula is C17H19N7O2S. The lowest BCUT2D eigenvalue weighted by Gasteiger charge is -2.11. The summed E-state index contributed by atoms with van der Waals surface area (Å²) >= 11 is 0. The number of benzene rings is 1. The first-order valence-corrected chi connectivity index (χ1v) is 10.2. The van der Waals surface area contributed by atoms with Crippen LogP contribution < -0.4 is 10.5 Å². The summed E-state index contributed by atoms with van der Waals surface area (Å²) in [5, 5.41) is 13.2. The molecule has 0 aliphatic carbocycles. The molecule has 0 bridgehead atoms. The van der Waals surface area contributed by atoms with Crippen molar-refractivity contribution < 1.29 is 8.42 Å². The van der Waals surface area contributed by atoms with Gasteiger partial charge in [-0.05, 0) is 19.1 Å². The van der Waals surface area contributed by atoms with Gasteiger partial charge in [-0.15, -0.1) is 0 Å². The molecule has 10 heteroatoms. The minimum atomic E-state index is -3.28. The Morgan fingerprint density at radius 2 is 2.11 bits per heavy atom. The zero-order chi connectivity index (χ0) is 19.2. The first kappa shape index (κ1) is 17.4. The number of nitrogens with one attached hydrogen (secondary N) is 2. The number of nitrogen functional groups attached to an aromatic ring is 1. The molecule has 4 aromatic rings. The monoisotopic (exact) mass is 385 g/mol. The Kier molecular flexibility index (Phi) is 4.08. The second kappa shape index (κ2) is 6.32. The van der Waals surface area contributed by atoms with Crippen LogP contribution in [0.3, 0.4) is 0 Å². The van der Waals surface area contributed by atoms with Crippen LogP contribution in [0.25, 0.3) is 33.1 Å². The van der Waals surface area contributed by atoms with Gasteiger partial charge in [-0.2, -0.15) is 10.2 Å². The minimum Gasteiger partial charge on any atom is -0.382 e. The number of fused-ring (bicyclic) bond motifs is 3. The number of pyridine rings is 1. The minimum absolute atomic E-state index is 0.304. The van der Waals surface area contributed by atoms with Gasteiger partial charge in [0.1, 0.15) is 5.52 Å². The van der Waals surface area contributed by atoms with Crippen molar-refractivity contribution in [2.75, 3.05) is 12.0 Å². The number of hydrogen-bond donors (Lipinski definition) is 3. The Morgan fingerprint density at radius 1 is 1.30 bits per heavy atom. The van der Waals surface area contributed by atoms with Gasteiger partial charge in [-0.3, -0.25) is 9.78 Å². The van der Waals surface area contributed by atoms with Crippen molar-refractivity contribution >= 4 is 37.6 Å². The number of aromatic amines is 1. The molecule has 0 radical (unpaired) electrons. The van der Waals surface area contributed by atoms with Crippen LogP contribution >= 0.6 is 0 Å². The number of nitrogens with zero attached hydrogens (tertiary/aromatic N) is 4. The molecular weight excluding hydrogens is 366 g/mol. The molecule has 0 spiro atoms. The van der Waals surface area contributed by atoms with E-state index in [1.165, 1.54) is 0 Å². The highest BCUT2D eigenvalue weighted by Crippen LogP contribution is 2.29. The van der Waals surface area contributed by atoms with Crippen molar-refractivity contribution in [3.8, 4) is 11.3 Å². The lowest BCUT2D eigenvalue weighted by Crippen LogP contribution is -2.34. The first-order chi connectivity index (χ1) is 12.8. The SMILES string of the molecule is C[C@@H](Cn1cc2c(n1)c(N)nc1cc(-c3ccn[nH]3)ccc12)NS(C)(=O)=O. The van der Waals surface area contributed by atoms with Gasteiger partial charge in [-0.25, -0.2) is 18.1 Å². The van der Waals surface area contributed by atoms with Gasteiger partial charge in [0.25, 0.3) is 0 Å². The highest BCUT2D eigenvalue weighted by molar-refractivity contribution is 7.88. The Morgan fingerprint density at radius 3 is 2.81 bits per heavy atom. The number of H-pyrrole nitrogens is 1. The molecule has 0 fully saturated rings. The van der Waals surface area contributed by atoms with Crippen LogP contribution in [0.15, 0.2) is 36.7 Å². The Hall–Kier alpha value is -2.98. The largest absolute Gasteiger partial charge is 0.382 e. The third kappa shape index (κ3) is 3.49. The quantitative estimate of drug-likeness (QED) is 0.477. The summed E-state index contributed by atoms with van der Waals surface area (Å²) in [5.74, 6) is 0.335. The fraction of sp³-hybridized carbons (Fsp3) is 0.235. The van der Waals surface area contributed by atoms with Crippen LogP contribution in [-0.2, 0) is 16.6 Å². The van der Waals surface area contributed by atoms with E-state index in [1.54, 1.807) is 17.8 Å². The third-order valence-corrected chi connectivity index (χ3v) is 5.05. The van der Waals surface area contributed by atoms with Gasteiger partial charge in [0.05, 0.1) is 24.0 Å². The summed E-state index contributed by atoms with van der Waals surface area (Å²) in [5.41, 5.74) is 9.34. The van der Waals surface area contributed by atoms with E-state index in [0.29, 0.717) is 17.9 Å². The summed E-state index contributed by atoms with van der Waals surface area (Å²) in [6.07, 6.45) is 4.70. The molecule has 0 unspecified atom stereocenters. The molecule has 4 rings (SSSR count). The molecule has 140 valence electrons. The highest BCUT2D eigenvalue weighted by atomic mass is 32.2. The molecule has 0 amide bonds. The van der Waals surface area contributed by atoms with Crippen molar-refractivity contribution in [1.29, 1.82) is 0 Å². The third-order valence-electron chi connectivity index (χ3n) is 4.22. The fourth-order valence-corrected chi connectivity index (χ4v) is 4.01. The highest BCUT2D eigenvalue weighted by Gasteiger charge is 2.14. The lowest BCUT2D eigenvalue weighted by molar-refractivity contribution is 0.498. The zero-order valence-electron chi connectivity index (χ0n) is 14.8. The van der Waals surface area contributed by atoms with E-state index in [-0.39, 0.29) is 6.04 Å². The smallest absolute Gasteiger partial charge is 0.209 e. The summed E-state index contributed by atoms with van der Waals surface area (Å²) < 4.78 is 27.0. The average Bonchev–Trinajstić information content (AvgIpc) is 3.22. The van der Waals surface area contributed by atoms with Gasteiger partial charge in [0.15, 0.2) is 5.82 Å². The molecule has 3 aromatic heterocycles. The molecule has 0 aliphatic heterocycles. The van der Waals surface area contributed by atoms with E-state index >= 15 is 0 Å². The maximum absolute atomic E-state index is 11.4. The van der Waals surface area contributed by atoms with Gasteiger partial charge < -0.3 is 5.73 Å². The summed E-state index contributed by atoms with van der Waals surface area (Å²) in [6, 6.07) is 7.49. The molecule has 1 atom stereocenters. The van der Waals surface area contributed by atoms with Crippen LogP contribution in [-0.4, -0.2) is 45.7 Å². The maximum Gasteiger partial charge on any atom is 0.209 e. The number of aromatic nitrogens is 5. The van der Waals surface area contributed by atoms with Crippen molar-refractivity contribution in [2.24, 2.45) is 0 Å². The molecule has 3 heterocycles. The number of anilines is 1. The van der Waals surface area contributed by atoms with E-state index in [2.05, 4.69) is 25.0 Å². The van der Waals surface area contributed by atoms with E-state index < -0.39 is 10.0 Å². The fourth-order valence-electron chi connectivity index (χ4n) is 3.20. The Bertz CT molecular complexity index is 1230. The summed E-state index contributed by atoms with van der Waals surface area (Å²) in [6.45, 7) is 2.17. The van der Waals surface area contributed by atoms with Crippen molar-refractivity contribution in [3.63, 3.8) is 0 Å². The summed E-state index contributed by atoms with van der Waals surface area (Å²) in [7, 11) is -3.28. The van der Waals surface area contributed by atoms with Gasteiger partial charge in [-0.1, -0.05) is 12.1 Å². The Balaban J connectivity index is 1.76. The number of rotatable bonds is 5. The molecule has 0 saturated heterocycles. The molecule has 27 heavy (non-hydrogen) atoms. The van der Waals surface area contributed by atoms with Crippen molar-refractivity contribution in [1.82, 2.24) is 29.7 Å². The number of hydrogen-bond acceptors (Lipinski definition) is 6.